The fraction of sp³-hybridized carbons (Fsp3) is 0.467. The van der Waals surface area contributed by atoms with Crippen LogP contribution in [0.5, 0.6) is 11.5 Å². The average molecular weight is 319 g/mol. The number of nitrogens with zero attached hydrogens (tertiary/aromatic N) is 1. The third-order valence-corrected chi connectivity index (χ3v) is 4.02. The van der Waals surface area contributed by atoms with E-state index in [2.05, 4.69) is 0 Å². The van der Waals surface area contributed by atoms with Crippen molar-refractivity contribution in [3.05, 3.63) is 23.8 Å². The molecule has 0 radical (unpaired) electrons. The van der Waals surface area contributed by atoms with Gasteiger partial charge in [0, 0.05) is 12.5 Å². The lowest BCUT2D eigenvalue weighted by molar-refractivity contribution is -0.144. The molecule has 0 aromatic heterocycles. The van der Waals surface area contributed by atoms with E-state index in [4.69, 9.17) is 14.5 Å². The van der Waals surface area contributed by atoms with E-state index in [9.17, 15) is 14.6 Å². The first kappa shape index (κ1) is 15.7. The molecule has 7 nitrogen and oxygen atoms in total. The molecular weight excluding hydrogens is 301 g/mol. The van der Waals surface area contributed by atoms with Gasteiger partial charge in [-0.1, -0.05) is 6.07 Å². The topological polar surface area (TPSA) is 96.3 Å². The largest absolute Gasteiger partial charge is 0.536 e. The molecule has 1 aromatic carbocycles. The first-order valence-electron chi connectivity index (χ1n) is 7.65. The molecule has 2 aliphatic heterocycles. The Kier molecular flexibility index (Phi) is 4.43. The summed E-state index contributed by atoms with van der Waals surface area (Å²) in [4.78, 5) is 23.8. The van der Waals surface area contributed by atoms with Crippen LogP contribution in [0.25, 0.3) is 0 Å². The van der Waals surface area contributed by atoms with Gasteiger partial charge in [-0.05, 0) is 24.4 Å². The second kappa shape index (κ2) is 6.50. The fourth-order valence-electron chi connectivity index (χ4n) is 2.69. The van der Waals surface area contributed by atoms with Crippen molar-refractivity contribution in [1.29, 1.82) is 0 Å². The van der Waals surface area contributed by atoms with Gasteiger partial charge in [0.15, 0.2) is 0 Å². The molecule has 1 saturated heterocycles. The first-order chi connectivity index (χ1) is 11.0. The highest BCUT2D eigenvalue weighted by atomic mass is 16.5. The second-order valence-electron chi connectivity index (χ2n) is 5.81. The Balaban J connectivity index is 1.49. The van der Waals surface area contributed by atoms with Crippen molar-refractivity contribution in [1.82, 2.24) is 4.90 Å². The number of carboxylic acid groups (broad SMARTS) is 1. The predicted octanol–water partition coefficient (Wildman–Crippen LogP) is 0.556. The molecule has 2 aliphatic rings. The van der Waals surface area contributed by atoms with Gasteiger partial charge in [-0.3, -0.25) is 9.59 Å². The summed E-state index contributed by atoms with van der Waals surface area (Å²) in [6.45, 7) is 0.915. The van der Waals surface area contributed by atoms with Crippen LogP contribution >= 0.6 is 0 Å². The quantitative estimate of drug-likeness (QED) is 0.770. The summed E-state index contributed by atoms with van der Waals surface area (Å²) in [5.41, 5.74) is 1.04. The summed E-state index contributed by atoms with van der Waals surface area (Å²) in [6.07, 6.45) is 1.13. The molecule has 0 unspecified atom stereocenters. The molecule has 0 spiro atoms. The van der Waals surface area contributed by atoms with Crippen LogP contribution in [0.1, 0.15) is 18.4 Å². The maximum atomic E-state index is 11.7. The summed E-state index contributed by atoms with van der Waals surface area (Å²) in [5, 5.41) is 18.1. The normalized spacial score (nSPS) is 17.1. The van der Waals surface area contributed by atoms with Gasteiger partial charge in [0.2, 0.25) is 5.91 Å². The van der Waals surface area contributed by atoms with Gasteiger partial charge < -0.3 is 24.4 Å². The van der Waals surface area contributed by atoms with E-state index in [1.807, 2.05) is 12.1 Å². The molecule has 1 amide bonds. The molecule has 0 aliphatic carbocycles. The van der Waals surface area contributed by atoms with E-state index in [0.29, 0.717) is 30.9 Å². The van der Waals surface area contributed by atoms with Crippen LogP contribution in [0, 0.1) is 0 Å². The van der Waals surface area contributed by atoms with Crippen LogP contribution in [0.3, 0.4) is 0 Å². The number of hydrogen-bond donors (Lipinski definition) is 2. The number of aliphatic carboxylic acids is 1. The maximum absolute atomic E-state index is 11.7. The molecule has 3 rings (SSSR count). The van der Waals surface area contributed by atoms with Gasteiger partial charge in [0.1, 0.15) is 17.6 Å². The average Bonchev–Trinajstić information content (AvgIpc) is 2.47. The van der Waals surface area contributed by atoms with Crippen molar-refractivity contribution < 1.29 is 29.1 Å². The Morgan fingerprint density at radius 2 is 2.13 bits per heavy atom. The summed E-state index contributed by atoms with van der Waals surface area (Å²) in [5.74, 6) is 0.141. The SMILES string of the molecule is O=C(O)CCC(=O)N1CC(Oc2ccc3c(c2)OB(O)CC3)C1. The Labute approximate surface area is 133 Å². The number of carbonyl (C=O) groups is 2. The number of fused-ring (bicyclic) bond motifs is 1. The third-order valence-electron chi connectivity index (χ3n) is 4.02. The van der Waals surface area contributed by atoms with Gasteiger partial charge in [-0.15, -0.1) is 0 Å². The van der Waals surface area contributed by atoms with Crippen LogP contribution in [0.2, 0.25) is 6.32 Å². The molecule has 122 valence electrons. The molecular formula is C15H18BNO6. The zero-order chi connectivity index (χ0) is 16.4. The smallest absolute Gasteiger partial charge is 0.522 e. The Bertz CT molecular complexity index is 616. The fourth-order valence-corrected chi connectivity index (χ4v) is 2.69. The van der Waals surface area contributed by atoms with E-state index < -0.39 is 13.1 Å². The summed E-state index contributed by atoms with van der Waals surface area (Å²) in [6, 6.07) is 5.53. The van der Waals surface area contributed by atoms with E-state index in [1.165, 1.54) is 0 Å². The maximum Gasteiger partial charge on any atom is 0.522 e. The standard InChI is InChI=1S/C15H18BNO6/c18-14(3-4-15(19)20)17-8-12(9-17)22-11-2-1-10-5-6-16(21)23-13(10)7-11/h1-2,7,12,21H,3-6,8-9H2,(H,19,20). The van der Waals surface area contributed by atoms with Crippen LogP contribution < -0.4 is 9.39 Å². The minimum atomic E-state index is -0.970. The molecule has 2 N–H and O–H groups in total. The number of carbonyl (C=O) groups excluding carboxylic acids is 1. The van der Waals surface area contributed by atoms with Crippen molar-refractivity contribution >= 4 is 19.0 Å². The first-order valence-corrected chi connectivity index (χ1v) is 7.65. The van der Waals surface area contributed by atoms with E-state index in [0.717, 1.165) is 12.0 Å². The van der Waals surface area contributed by atoms with E-state index in [1.54, 1.807) is 11.0 Å². The highest BCUT2D eigenvalue weighted by molar-refractivity contribution is 6.44. The summed E-state index contributed by atoms with van der Waals surface area (Å²) < 4.78 is 11.2. The number of hydrogen-bond acceptors (Lipinski definition) is 5. The summed E-state index contributed by atoms with van der Waals surface area (Å²) in [7, 11) is -0.774. The highest BCUT2D eigenvalue weighted by Crippen LogP contribution is 2.31. The van der Waals surface area contributed by atoms with E-state index >= 15 is 0 Å². The number of carboxylic acids is 1. The van der Waals surface area contributed by atoms with Gasteiger partial charge >= 0.3 is 13.1 Å². The van der Waals surface area contributed by atoms with Crippen LogP contribution in [-0.4, -0.2) is 53.2 Å². The molecule has 1 fully saturated rings. The van der Waals surface area contributed by atoms with Crippen molar-refractivity contribution in [2.45, 2.75) is 31.7 Å². The number of likely N-dealkylation sites (tertiary alicyclic amines) is 1. The Morgan fingerprint density at radius 1 is 1.35 bits per heavy atom. The Morgan fingerprint density at radius 3 is 2.87 bits per heavy atom. The molecule has 2 heterocycles. The number of ether oxygens (including phenoxy) is 1. The predicted molar refractivity (Wildman–Crippen MR) is 81.4 cm³/mol. The highest BCUT2D eigenvalue weighted by Gasteiger charge is 2.32. The molecule has 8 heteroatoms. The van der Waals surface area contributed by atoms with E-state index in [-0.39, 0.29) is 24.9 Å². The number of amides is 1. The van der Waals surface area contributed by atoms with Gasteiger partial charge in [0.25, 0.3) is 0 Å². The Hall–Kier alpha value is -2.22. The van der Waals surface area contributed by atoms with Crippen LogP contribution in [0.4, 0.5) is 0 Å². The number of rotatable bonds is 5. The third kappa shape index (κ3) is 3.76. The van der Waals surface area contributed by atoms with Gasteiger partial charge in [-0.2, -0.15) is 0 Å². The minimum Gasteiger partial charge on any atom is -0.536 e. The lowest BCUT2D eigenvalue weighted by Gasteiger charge is -2.39. The molecule has 23 heavy (non-hydrogen) atoms. The van der Waals surface area contributed by atoms with Gasteiger partial charge in [-0.25, -0.2) is 0 Å². The molecule has 1 aromatic rings. The number of aryl methyl sites for hydroxylation is 1. The lowest BCUT2D eigenvalue weighted by Crippen LogP contribution is -2.56. The molecule has 0 bridgehead atoms. The van der Waals surface area contributed by atoms with Crippen molar-refractivity contribution in [2.24, 2.45) is 0 Å². The molecule has 0 saturated carbocycles. The molecule has 0 atom stereocenters. The van der Waals surface area contributed by atoms with Crippen molar-refractivity contribution in [2.75, 3.05) is 13.1 Å². The van der Waals surface area contributed by atoms with Crippen LogP contribution in [0.15, 0.2) is 18.2 Å². The zero-order valence-corrected chi connectivity index (χ0v) is 12.6. The second-order valence-corrected chi connectivity index (χ2v) is 5.81. The lowest BCUT2D eigenvalue weighted by atomic mass is 9.79. The summed E-state index contributed by atoms with van der Waals surface area (Å²) >= 11 is 0. The number of benzene rings is 1. The van der Waals surface area contributed by atoms with Gasteiger partial charge in [0.05, 0.1) is 19.5 Å². The zero-order valence-electron chi connectivity index (χ0n) is 12.6. The monoisotopic (exact) mass is 319 g/mol. The van der Waals surface area contributed by atoms with Crippen LogP contribution in [-0.2, 0) is 16.0 Å². The van der Waals surface area contributed by atoms with Crippen molar-refractivity contribution in [3.8, 4) is 11.5 Å². The van der Waals surface area contributed by atoms with Crippen molar-refractivity contribution in [3.63, 3.8) is 0 Å². The minimum absolute atomic E-state index is 0.0205.